The number of nitrogens with zero attached hydrogens (tertiary/aromatic N) is 2. The number of hydrogen-bond donors (Lipinski definition) is 1. The predicted molar refractivity (Wildman–Crippen MR) is 146 cm³/mol. The number of piperidine rings is 1. The van der Waals surface area contributed by atoms with Crippen LogP contribution >= 0.6 is 0 Å². The van der Waals surface area contributed by atoms with Crippen LogP contribution in [0.3, 0.4) is 0 Å². The summed E-state index contributed by atoms with van der Waals surface area (Å²) in [4.78, 5) is 13.3. The molecule has 0 saturated carbocycles. The van der Waals surface area contributed by atoms with Crippen LogP contribution in [0.15, 0.2) is 82.6 Å². The van der Waals surface area contributed by atoms with Gasteiger partial charge in [-0.05, 0) is 68.3 Å². The molecule has 3 aromatic rings. The molecule has 1 N–H and O–H groups in total. The van der Waals surface area contributed by atoms with Crippen LogP contribution in [-0.4, -0.2) is 53.8 Å². The summed E-state index contributed by atoms with van der Waals surface area (Å²) in [6.07, 6.45) is 2.69. The molecule has 38 heavy (non-hydrogen) atoms. The van der Waals surface area contributed by atoms with Gasteiger partial charge in [0.05, 0.1) is 22.6 Å². The van der Waals surface area contributed by atoms with E-state index in [1.807, 2.05) is 6.92 Å². The van der Waals surface area contributed by atoms with Gasteiger partial charge in [-0.15, -0.1) is 0 Å². The molecule has 1 heterocycles. The van der Waals surface area contributed by atoms with Crippen molar-refractivity contribution in [2.45, 2.75) is 36.0 Å². The highest BCUT2D eigenvalue weighted by Crippen LogP contribution is 2.32. The van der Waals surface area contributed by atoms with Gasteiger partial charge in [-0.3, -0.25) is 9.10 Å². The van der Waals surface area contributed by atoms with Gasteiger partial charge >= 0.3 is 0 Å². The maximum absolute atomic E-state index is 13.6. The Bertz CT molecular complexity index is 1480. The molecule has 0 unspecified atom stereocenters. The third-order valence-corrected chi connectivity index (χ3v) is 10.0. The number of carbonyl (C=O) groups is 1. The van der Waals surface area contributed by atoms with E-state index in [-0.39, 0.29) is 15.5 Å². The van der Waals surface area contributed by atoms with Crippen molar-refractivity contribution in [3.05, 3.63) is 78.4 Å². The normalized spacial score (nSPS) is 14.6. The lowest BCUT2D eigenvalue weighted by molar-refractivity contribution is -0.114. The molecule has 1 saturated heterocycles. The second-order valence-corrected chi connectivity index (χ2v) is 12.8. The van der Waals surface area contributed by atoms with E-state index in [1.165, 1.54) is 47.8 Å². The number of amides is 1. The first-order chi connectivity index (χ1) is 18.1. The molecule has 0 radical (unpaired) electrons. The van der Waals surface area contributed by atoms with E-state index in [0.29, 0.717) is 24.5 Å². The summed E-state index contributed by atoms with van der Waals surface area (Å²) in [5.74, 6) is -0.304. The number of sulfonamides is 2. The molecule has 1 fully saturated rings. The average molecular weight is 558 g/mol. The fourth-order valence-electron chi connectivity index (χ4n) is 4.27. The minimum atomic E-state index is -4.12. The van der Waals surface area contributed by atoms with Crippen molar-refractivity contribution in [2.24, 2.45) is 0 Å². The lowest BCUT2D eigenvalue weighted by atomic mass is 10.2. The summed E-state index contributed by atoms with van der Waals surface area (Å²) in [5, 5.41) is 2.68. The second kappa shape index (κ2) is 11.5. The Morgan fingerprint density at radius 1 is 0.868 bits per heavy atom. The van der Waals surface area contributed by atoms with Gasteiger partial charge in [-0.1, -0.05) is 36.2 Å². The molecule has 1 aliphatic heterocycles. The summed E-state index contributed by atoms with van der Waals surface area (Å²) in [7, 11) is -6.30. The maximum Gasteiger partial charge on any atom is 0.264 e. The Morgan fingerprint density at radius 2 is 1.47 bits per heavy atom. The van der Waals surface area contributed by atoms with Gasteiger partial charge in [0.2, 0.25) is 15.9 Å². The van der Waals surface area contributed by atoms with Gasteiger partial charge in [0.25, 0.3) is 10.0 Å². The van der Waals surface area contributed by atoms with Crippen LogP contribution in [0.25, 0.3) is 0 Å². The third kappa shape index (κ3) is 6.01. The molecule has 1 aliphatic rings. The van der Waals surface area contributed by atoms with Crippen molar-refractivity contribution in [3.8, 4) is 5.75 Å². The zero-order valence-electron chi connectivity index (χ0n) is 21.3. The molecular weight excluding hydrogens is 526 g/mol. The van der Waals surface area contributed by atoms with Crippen LogP contribution < -0.4 is 14.4 Å². The Kier molecular flexibility index (Phi) is 8.39. The van der Waals surface area contributed by atoms with Crippen LogP contribution in [0, 0.1) is 6.92 Å². The van der Waals surface area contributed by atoms with Gasteiger partial charge < -0.3 is 10.1 Å². The topological polar surface area (TPSA) is 113 Å². The zero-order chi connectivity index (χ0) is 27.3. The Hall–Kier alpha value is -3.41. The maximum atomic E-state index is 13.6. The first-order valence-corrected chi connectivity index (χ1v) is 15.1. The van der Waals surface area contributed by atoms with Crippen LogP contribution in [0.1, 0.15) is 24.8 Å². The lowest BCUT2D eigenvalue weighted by Crippen LogP contribution is -2.38. The molecule has 0 spiro atoms. The van der Waals surface area contributed by atoms with Crippen molar-refractivity contribution >= 4 is 37.3 Å². The summed E-state index contributed by atoms with van der Waals surface area (Å²) < 4.78 is 60.9. The predicted octanol–water partition coefficient (Wildman–Crippen LogP) is 4.01. The minimum Gasteiger partial charge on any atom is -0.495 e. The second-order valence-electron chi connectivity index (χ2n) is 9.03. The largest absolute Gasteiger partial charge is 0.495 e. The Balaban J connectivity index is 1.57. The van der Waals surface area contributed by atoms with Gasteiger partial charge in [-0.25, -0.2) is 16.8 Å². The van der Waals surface area contributed by atoms with Crippen LogP contribution in [0.4, 0.5) is 11.4 Å². The molecule has 0 atom stereocenters. The highest BCUT2D eigenvalue weighted by atomic mass is 32.2. The Morgan fingerprint density at radius 3 is 2.11 bits per heavy atom. The van der Waals surface area contributed by atoms with E-state index in [2.05, 4.69) is 5.32 Å². The number of nitrogens with one attached hydrogen (secondary N) is 1. The number of methoxy groups -OCH3 is 1. The molecule has 1 amide bonds. The van der Waals surface area contributed by atoms with Gasteiger partial charge in [0.15, 0.2) is 0 Å². The molecule has 3 aromatic carbocycles. The SMILES string of the molecule is COc1ccccc1N(CC(=O)Nc1ccc(S(=O)(=O)N2CCCCC2)cc1)S(=O)(=O)c1ccc(C)cc1. The van der Waals surface area contributed by atoms with E-state index < -0.39 is 32.5 Å². The number of anilines is 2. The van der Waals surface area contributed by atoms with E-state index >= 15 is 0 Å². The summed E-state index contributed by atoms with van der Waals surface area (Å²) in [5.41, 5.74) is 1.46. The molecule has 9 nitrogen and oxygen atoms in total. The lowest BCUT2D eigenvalue weighted by Gasteiger charge is -2.26. The monoisotopic (exact) mass is 557 g/mol. The van der Waals surface area contributed by atoms with Crippen molar-refractivity contribution in [1.29, 1.82) is 0 Å². The number of rotatable bonds is 9. The molecule has 202 valence electrons. The van der Waals surface area contributed by atoms with Gasteiger partial charge in [0.1, 0.15) is 12.3 Å². The van der Waals surface area contributed by atoms with Gasteiger partial charge in [-0.2, -0.15) is 4.31 Å². The summed E-state index contributed by atoms with van der Waals surface area (Å²) in [6.45, 7) is 2.32. The van der Waals surface area contributed by atoms with Gasteiger partial charge in [0, 0.05) is 18.8 Å². The first kappa shape index (κ1) is 27.6. The fraction of sp³-hybridized carbons (Fsp3) is 0.296. The van der Waals surface area contributed by atoms with E-state index in [0.717, 1.165) is 29.1 Å². The number of benzene rings is 3. The standard InChI is InChI=1S/C27H31N3O6S2/c1-21-10-14-24(15-11-21)38(34,35)30(25-8-4-5-9-26(25)36-2)20-27(31)28-22-12-16-23(17-13-22)37(32,33)29-18-6-3-7-19-29/h4-5,8-17H,3,6-7,18-20H2,1-2H3,(H,28,31). The van der Waals surface area contributed by atoms with E-state index in [4.69, 9.17) is 4.74 Å². The number of para-hydroxylation sites is 2. The van der Waals surface area contributed by atoms with Crippen molar-refractivity contribution in [3.63, 3.8) is 0 Å². The van der Waals surface area contributed by atoms with Crippen LogP contribution in [0.2, 0.25) is 0 Å². The summed E-state index contributed by atoms with van der Waals surface area (Å²) >= 11 is 0. The molecular formula is C27H31N3O6S2. The molecule has 0 aliphatic carbocycles. The first-order valence-electron chi connectivity index (χ1n) is 12.3. The zero-order valence-corrected chi connectivity index (χ0v) is 23.0. The molecule has 11 heteroatoms. The highest BCUT2D eigenvalue weighted by Gasteiger charge is 2.30. The smallest absolute Gasteiger partial charge is 0.264 e. The number of aryl methyl sites for hydroxylation is 1. The fourth-order valence-corrected chi connectivity index (χ4v) is 7.22. The van der Waals surface area contributed by atoms with Crippen molar-refractivity contribution in [2.75, 3.05) is 36.4 Å². The average Bonchev–Trinajstić information content (AvgIpc) is 2.92. The molecule has 0 aromatic heterocycles. The summed E-state index contributed by atoms with van der Waals surface area (Å²) in [6, 6.07) is 18.8. The number of ether oxygens (including phenoxy) is 1. The highest BCUT2D eigenvalue weighted by molar-refractivity contribution is 7.93. The minimum absolute atomic E-state index is 0.0362. The number of carbonyl (C=O) groups excluding carboxylic acids is 1. The molecule has 4 rings (SSSR count). The molecule has 0 bridgehead atoms. The van der Waals surface area contributed by atoms with Crippen molar-refractivity contribution in [1.82, 2.24) is 4.31 Å². The van der Waals surface area contributed by atoms with Crippen LogP contribution in [0.5, 0.6) is 5.75 Å². The Labute approximate surface area is 224 Å². The van der Waals surface area contributed by atoms with E-state index in [1.54, 1.807) is 36.4 Å². The quantitative estimate of drug-likeness (QED) is 0.425. The van der Waals surface area contributed by atoms with Crippen LogP contribution in [-0.2, 0) is 24.8 Å². The van der Waals surface area contributed by atoms with E-state index in [9.17, 15) is 21.6 Å². The number of hydrogen-bond acceptors (Lipinski definition) is 6. The third-order valence-electron chi connectivity index (χ3n) is 6.34. The van der Waals surface area contributed by atoms with Crippen molar-refractivity contribution < 1.29 is 26.4 Å².